The fourth-order valence-corrected chi connectivity index (χ4v) is 2.40. The van der Waals surface area contributed by atoms with Gasteiger partial charge in [-0.15, -0.1) is 0 Å². The number of furan rings is 1. The van der Waals surface area contributed by atoms with Crippen molar-refractivity contribution < 1.29 is 9.15 Å². The Labute approximate surface area is 113 Å². The van der Waals surface area contributed by atoms with Crippen LogP contribution in [0.4, 0.5) is 0 Å². The highest BCUT2D eigenvalue weighted by Crippen LogP contribution is 2.35. The molecule has 0 saturated carbocycles. The molecule has 4 heteroatoms. The van der Waals surface area contributed by atoms with Gasteiger partial charge in [-0.3, -0.25) is 4.98 Å². The topological polar surface area (TPSA) is 35.3 Å². The quantitative estimate of drug-likeness (QED) is 0.709. The fraction of sp³-hybridized carbons (Fsp3) is 0.0714. The first-order chi connectivity index (χ1) is 8.78. The monoisotopic (exact) mass is 303 g/mol. The van der Waals surface area contributed by atoms with Crippen molar-refractivity contribution in [1.29, 1.82) is 0 Å². The molecule has 3 rings (SSSR count). The second-order valence-electron chi connectivity index (χ2n) is 3.87. The van der Waals surface area contributed by atoms with Crippen molar-refractivity contribution in [2.24, 2.45) is 0 Å². The Morgan fingerprint density at radius 3 is 2.67 bits per heavy atom. The zero-order valence-electron chi connectivity index (χ0n) is 9.68. The summed E-state index contributed by atoms with van der Waals surface area (Å²) in [4.78, 5) is 4.00. The molecule has 18 heavy (non-hydrogen) atoms. The third kappa shape index (κ3) is 1.88. The normalized spacial score (nSPS) is 10.8. The molecular formula is C14H10BrNO2. The molecule has 0 atom stereocenters. The van der Waals surface area contributed by atoms with Crippen LogP contribution in [-0.2, 0) is 0 Å². The van der Waals surface area contributed by atoms with Gasteiger partial charge in [0.05, 0.1) is 11.6 Å². The van der Waals surface area contributed by atoms with Gasteiger partial charge < -0.3 is 9.15 Å². The maximum atomic E-state index is 5.85. The molecule has 2 heterocycles. The highest BCUT2D eigenvalue weighted by Gasteiger charge is 2.10. The molecule has 0 unspecified atom stereocenters. The summed E-state index contributed by atoms with van der Waals surface area (Å²) in [5.74, 6) is 1.62. The van der Waals surface area contributed by atoms with Crippen LogP contribution in [0.15, 0.2) is 51.6 Å². The third-order valence-electron chi connectivity index (χ3n) is 2.75. The van der Waals surface area contributed by atoms with Crippen LogP contribution in [0.25, 0.3) is 22.3 Å². The average molecular weight is 304 g/mol. The van der Waals surface area contributed by atoms with E-state index in [0.717, 1.165) is 32.5 Å². The maximum absolute atomic E-state index is 5.85. The van der Waals surface area contributed by atoms with Gasteiger partial charge in [-0.25, -0.2) is 0 Å². The minimum absolute atomic E-state index is 0.802. The van der Waals surface area contributed by atoms with E-state index in [4.69, 9.17) is 9.15 Å². The lowest BCUT2D eigenvalue weighted by molar-refractivity contribution is 0.415. The molecule has 3 nitrogen and oxygen atoms in total. The summed E-state index contributed by atoms with van der Waals surface area (Å²) in [6.45, 7) is 0. The molecule has 0 amide bonds. The van der Waals surface area contributed by atoms with Crippen LogP contribution >= 0.6 is 15.9 Å². The van der Waals surface area contributed by atoms with Gasteiger partial charge in [-0.1, -0.05) is 0 Å². The first-order valence-corrected chi connectivity index (χ1v) is 6.25. The number of rotatable bonds is 2. The van der Waals surface area contributed by atoms with E-state index in [1.165, 1.54) is 0 Å². The number of hydrogen-bond acceptors (Lipinski definition) is 3. The van der Waals surface area contributed by atoms with Crippen LogP contribution in [-0.4, -0.2) is 12.1 Å². The number of fused-ring (bicyclic) bond motifs is 1. The highest BCUT2D eigenvalue weighted by molar-refractivity contribution is 9.10. The zero-order valence-corrected chi connectivity index (χ0v) is 11.3. The van der Waals surface area contributed by atoms with Gasteiger partial charge in [-0.2, -0.15) is 0 Å². The van der Waals surface area contributed by atoms with E-state index in [9.17, 15) is 0 Å². The van der Waals surface area contributed by atoms with Crippen molar-refractivity contribution in [3.05, 3.63) is 47.2 Å². The van der Waals surface area contributed by atoms with Crippen molar-refractivity contribution in [2.75, 3.05) is 7.11 Å². The predicted molar refractivity (Wildman–Crippen MR) is 73.7 cm³/mol. The molecule has 3 aromatic rings. The molecule has 0 radical (unpaired) electrons. The maximum Gasteiger partial charge on any atom is 0.149 e. The standard InChI is InChI=1S/C14H10BrNO2/c1-17-11-6-10-7-13(9-2-4-16-5-3-9)18-14(10)12(15)8-11/h2-8H,1H3. The number of nitrogens with zero attached hydrogens (tertiary/aromatic N) is 1. The fourth-order valence-electron chi connectivity index (χ4n) is 1.86. The molecule has 0 aliphatic heterocycles. The lowest BCUT2D eigenvalue weighted by atomic mass is 10.2. The van der Waals surface area contributed by atoms with Crippen LogP contribution in [0, 0.1) is 0 Å². The van der Waals surface area contributed by atoms with Gasteiger partial charge in [0.2, 0.25) is 0 Å². The van der Waals surface area contributed by atoms with Crippen LogP contribution in [0.5, 0.6) is 5.75 Å². The minimum atomic E-state index is 0.802. The molecule has 0 aliphatic carbocycles. The first-order valence-electron chi connectivity index (χ1n) is 5.45. The van der Waals surface area contributed by atoms with Crippen LogP contribution in [0.1, 0.15) is 0 Å². The Bertz CT molecular complexity index is 692. The van der Waals surface area contributed by atoms with Crippen LogP contribution < -0.4 is 4.74 Å². The zero-order chi connectivity index (χ0) is 12.5. The summed E-state index contributed by atoms with van der Waals surface area (Å²) in [6.07, 6.45) is 3.50. The smallest absolute Gasteiger partial charge is 0.149 e. The van der Waals surface area contributed by atoms with Crippen molar-refractivity contribution in [2.45, 2.75) is 0 Å². The van der Waals surface area contributed by atoms with Gasteiger partial charge in [0.25, 0.3) is 0 Å². The number of methoxy groups -OCH3 is 1. The molecule has 0 N–H and O–H groups in total. The molecule has 2 aromatic heterocycles. The lowest BCUT2D eigenvalue weighted by Crippen LogP contribution is -1.81. The average Bonchev–Trinajstić information content (AvgIpc) is 2.84. The van der Waals surface area contributed by atoms with E-state index >= 15 is 0 Å². The highest BCUT2D eigenvalue weighted by atomic mass is 79.9. The summed E-state index contributed by atoms with van der Waals surface area (Å²) >= 11 is 3.49. The van der Waals surface area contributed by atoms with Crippen molar-refractivity contribution in [1.82, 2.24) is 4.98 Å². The van der Waals surface area contributed by atoms with Crippen molar-refractivity contribution in [3.63, 3.8) is 0 Å². The van der Waals surface area contributed by atoms with Gasteiger partial charge in [-0.05, 0) is 46.3 Å². The summed E-state index contributed by atoms with van der Waals surface area (Å²) < 4.78 is 12.0. The van der Waals surface area contributed by atoms with Crippen molar-refractivity contribution >= 4 is 26.9 Å². The Morgan fingerprint density at radius 1 is 1.17 bits per heavy atom. The predicted octanol–water partition coefficient (Wildman–Crippen LogP) is 4.27. The second kappa shape index (κ2) is 4.46. The number of aromatic nitrogens is 1. The molecule has 0 fully saturated rings. The Hall–Kier alpha value is -1.81. The van der Waals surface area contributed by atoms with Crippen LogP contribution in [0.2, 0.25) is 0 Å². The number of halogens is 1. The summed E-state index contributed by atoms with van der Waals surface area (Å²) in [6, 6.07) is 9.68. The van der Waals surface area contributed by atoms with Gasteiger partial charge in [0.1, 0.15) is 17.1 Å². The second-order valence-corrected chi connectivity index (χ2v) is 4.73. The minimum Gasteiger partial charge on any atom is -0.497 e. The first kappa shape index (κ1) is 11.3. The summed E-state index contributed by atoms with van der Waals surface area (Å²) in [5.41, 5.74) is 1.83. The molecule has 0 bridgehead atoms. The van der Waals surface area contributed by atoms with E-state index in [2.05, 4.69) is 20.9 Å². The van der Waals surface area contributed by atoms with Gasteiger partial charge in [0.15, 0.2) is 0 Å². The number of hydrogen-bond donors (Lipinski definition) is 0. The van der Waals surface area contributed by atoms with E-state index < -0.39 is 0 Å². The summed E-state index contributed by atoms with van der Waals surface area (Å²) in [7, 11) is 1.65. The SMILES string of the molecule is COc1cc(Br)c2oc(-c3ccncc3)cc2c1. The van der Waals surface area contributed by atoms with Gasteiger partial charge in [0, 0.05) is 23.3 Å². The summed E-state index contributed by atoms with van der Waals surface area (Å²) in [5, 5.41) is 1.01. The number of ether oxygens (including phenoxy) is 1. The largest absolute Gasteiger partial charge is 0.497 e. The number of benzene rings is 1. The molecule has 1 aromatic carbocycles. The Kier molecular flexibility index (Phi) is 2.80. The van der Waals surface area contributed by atoms with Gasteiger partial charge >= 0.3 is 0 Å². The van der Waals surface area contributed by atoms with E-state index in [1.54, 1.807) is 19.5 Å². The Morgan fingerprint density at radius 2 is 1.94 bits per heavy atom. The van der Waals surface area contributed by atoms with E-state index in [-0.39, 0.29) is 0 Å². The third-order valence-corrected chi connectivity index (χ3v) is 3.33. The Balaban J connectivity index is 2.20. The lowest BCUT2D eigenvalue weighted by Gasteiger charge is -1.99. The van der Waals surface area contributed by atoms with E-state index in [0.29, 0.717) is 0 Å². The molecular weight excluding hydrogens is 294 g/mol. The number of pyridine rings is 1. The molecule has 0 aliphatic rings. The molecule has 90 valence electrons. The van der Waals surface area contributed by atoms with E-state index in [1.807, 2.05) is 30.3 Å². The molecule has 0 saturated heterocycles. The molecule has 0 spiro atoms. The van der Waals surface area contributed by atoms with Crippen molar-refractivity contribution in [3.8, 4) is 17.1 Å². The van der Waals surface area contributed by atoms with Crippen LogP contribution in [0.3, 0.4) is 0 Å².